The number of rotatable bonds is 3. The van der Waals surface area contributed by atoms with E-state index >= 15 is 0 Å². The number of amides is 1. The van der Waals surface area contributed by atoms with Gasteiger partial charge >= 0.3 is 5.97 Å². The number of benzene rings is 1. The standard InChI is InChI=1S/C15H16N2O3/c18-14(10-1-2-11(7-10)15(19)20)17-12-3-4-13-9(8-12)5-6-16-13/h3-6,8,10-11,16H,1-2,7H2,(H,17,18)(H,19,20). The lowest BCUT2D eigenvalue weighted by Crippen LogP contribution is -2.21. The first-order valence-electron chi connectivity index (χ1n) is 6.74. The number of carboxylic acid groups (broad SMARTS) is 1. The van der Waals surface area contributed by atoms with Crippen molar-refractivity contribution in [3.63, 3.8) is 0 Å². The van der Waals surface area contributed by atoms with Gasteiger partial charge in [-0.3, -0.25) is 9.59 Å². The van der Waals surface area contributed by atoms with E-state index in [2.05, 4.69) is 10.3 Å². The van der Waals surface area contributed by atoms with E-state index in [-0.39, 0.29) is 17.7 Å². The molecule has 2 unspecified atom stereocenters. The third-order valence-corrected chi connectivity index (χ3v) is 3.97. The summed E-state index contributed by atoms with van der Waals surface area (Å²) in [5, 5.41) is 12.9. The van der Waals surface area contributed by atoms with Crippen LogP contribution in [0.5, 0.6) is 0 Å². The Labute approximate surface area is 116 Å². The molecule has 5 heteroatoms. The van der Waals surface area contributed by atoms with Crippen molar-refractivity contribution in [2.75, 3.05) is 5.32 Å². The molecule has 1 aromatic carbocycles. The van der Waals surface area contributed by atoms with Gasteiger partial charge in [-0.25, -0.2) is 0 Å². The van der Waals surface area contributed by atoms with Crippen LogP contribution in [0.2, 0.25) is 0 Å². The van der Waals surface area contributed by atoms with E-state index in [4.69, 9.17) is 5.11 Å². The van der Waals surface area contributed by atoms with Gasteiger partial charge in [-0.15, -0.1) is 0 Å². The molecule has 1 aliphatic carbocycles. The normalized spacial score (nSPS) is 22.0. The molecule has 0 bridgehead atoms. The highest BCUT2D eigenvalue weighted by Gasteiger charge is 2.33. The fraction of sp³-hybridized carbons (Fsp3) is 0.333. The number of hydrogen-bond donors (Lipinski definition) is 3. The van der Waals surface area contributed by atoms with Gasteiger partial charge in [0, 0.05) is 28.7 Å². The zero-order chi connectivity index (χ0) is 14.1. The summed E-state index contributed by atoms with van der Waals surface area (Å²) < 4.78 is 0. The molecule has 1 aliphatic rings. The minimum atomic E-state index is -0.797. The van der Waals surface area contributed by atoms with Gasteiger partial charge in [0.05, 0.1) is 5.92 Å². The van der Waals surface area contributed by atoms with Crippen LogP contribution in [-0.4, -0.2) is 22.0 Å². The molecule has 0 spiro atoms. The van der Waals surface area contributed by atoms with Gasteiger partial charge in [0.2, 0.25) is 5.91 Å². The molecule has 0 radical (unpaired) electrons. The van der Waals surface area contributed by atoms with E-state index < -0.39 is 5.97 Å². The maximum atomic E-state index is 12.1. The van der Waals surface area contributed by atoms with Crippen molar-refractivity contribution in [3.05, 3.63) is 30.5 Å². The highest BCUT2D eigenvalue weighted by atomic mass is 16.4. The highest BCUT2D eigenvalue weighted by Crippen LogP contribution is 2.32. The lowest BCUT2D eigenvalue weighted by molar-refractivity contribution is -0.141. The lowest BCUT2D eigenvalue weighted by Gasteiger charge is -2.11. The van der Waals surface area contributed by atoms with Crippen LogP contribution in [0.3, 0.4) is 0 Å². The minimum absolute atomic E-state index is 0.0800. The topological polar surface area (TPSA) is 82.2 Å². The summed E-state index contributed by atoms with van der Waals surface area (Å²) in [5.74, 6) is -1.45. The Hall–Kier alpha value is -2.30. The van der Waals surface area contributed by atoms with Crippen molar-refractivity contribution < 1.29 is 14.7 Å². The Morgan fingerprint density at radius 2 is 2.00 bits per heavy atom. The second-order valence-corrected chi connectivity index (χ2v) is 5.31. The molecule has 3 N–H and O–H groups in total. The molecule has 104 valence electrons. The first-order valence-corrected chi connectivity index (χ1v) is 6.74. The molecule has 2 aromatic rings. The van der Waals surface area contributed by atoms with Crippen LogP contribution in [0.4, 0.5) is 5.69 Å². The van der Waals surface area contributed by atoms with E-state index in [9.17, 15) is 9.59 Å². The maximum absolute atomic E-state index is 12.1. The number of nitrogens with one attached hydrogen (secondary N) is 2. The largest absolute Gasteiger partial charge is 0.481 e. The molecule has 0 saturated heterocycles. The number of carbonyl (C=O) groups excluding carboxylic acids is 1. The fourth-order valence-electron chi connectivity index (χ4n) is 2.82. The van der Waals surface area contributed by atoms with Gasteiger partial charge in [0.25, 0.3) is 0 Å². The Kier molecular flexibility index (Phi) is 3.18. The van der Waals surface area contributed by atoms with Crippen molar-refractivity contribution in [1.82, 2.24) is 4.98 Å². The summed E-state index contributed by atoms with van der Waals surface area (Å²) in [6.07, 6.45) is 3.53. The number of hydrogen-bond acceptors (Lipinski definition) is 2. The first-order chi connectivity index (χ1) is 9.63. The second-order valence-electron chi connectivity index (χ2n) is 5.31. The minimum Gasteiger partial charge on any atom is -0.481 e. The Morgan fingerprint density at radius 1 is 1.20 bits per heavy atom. The van der Waals surface area contributed by atoms with E-state index in [1.165, 1.54) is 0 Å². The van der Waals surface area contributed by atoms with Crippen molar-refractivity contribution in [2.24, 2.45) is 11.8 Å². The molecule has 1 saturated carbocycles. The predicted molar refractivity (Wildman–Crippen MR) is 75.4 cm³/mol. The monoisotopic (exact) mass is 272 g/mol. The molecule has 2 atom stereocenters. The summed E-state index contributed by atoms with van der Waals surface area (Å²) >= 11 is 0. The number of carboxylic acids is 1. The van der Waals surface area contributed by atoms with E-state index in [0.717, 1.165) is 16.6 Å². The number of anilines is 1. The number of fused-ring (bicyclic) bond motifs is 1. The third-order valence-electron chi connectivity index (χ3n) is 3.97. The number of aromatic amines is 1. The predicted octanol–water partition coefficient (Wildman–Crippen LogP) is 2.61. The van der Waals surface area contributed by atoms with Crippen molar-refractivity contribution in [3.8, 4) is 0 Å². The molecule has 3 rings (SSSR count). The van der Waals surface area contributed by atoms with E-state index in [1.54, 1.807) is 0 Å². The Bertz CT molecular complexity index is 662. The van der Waals surface area contributed by atoms with E-state index in [1.807, 2.05) is 30.5 Å². The third kappa shape index (κ3) is 2.39. The molecule has 0 aliphatic heterocycles. The van der Waals surface area contributed by atoms with Gasteiger partial charge in [0.15, 0.2) is 0 Å². The number of aliphatic carboxylic acids is 1. The summed E-state index contributed by atoms with van der Waals surface area (Å²) in [6, 6.07) is 7.62. The Balaban J connectivity index is 1.68. The van der Waals surface area contributed by atoms with Gasteiger partial charge in [-0.1, -0.05) is 0 Å². The molecular weight excluding hydrogens is 256 g/mol. The van der Waals surface area contributed by atoms with Gasteiger partial charge in [-0.05, 0) is 43.5 Å². The van der Waals surface area contributed by atoms with Gasteiger partial charge in [-0.2, -0.15) is 0 Å². The average molecular weight is 272 g/mol. The summed E-state index contributed by atoms with van der Waals surface area (Å²) in [6.45, 7) is 0. The highest BCUT2D eigenvalue weighted by molar-refractivity contribution is 5.95. The first kappa shape index (κ1) is 12.7. The van der Waals surface area contributed by atoms with Crippen molar-refractivity contribution in [1.29, 1.82) is 0 Å². The van der Waals surface area contributed by atoms with Gasteiger partial charge < -0.3 is 15.4 Å². The number of aromatic nitrogens is 1. The van der Waals surface area contributed by atoms with E-state index in [0.29, 0.717) is 19.3 Å². The quantitative estimate of drug-likeness (QED) is 0.803. The zero-order valence-corrected chi connectivity index (χ0v) is 10.9. The molecule has 1 fully saturated rings. The molecule has 20 heavy (non-hydrogen) atoms. The summed E-state index contributed by atoms with van der Waals surface area (Å²) in [4.78, 5) is 26.2. The van der Waals surface area contributed by atoms with Crippen LogP contribution in [0.25, 0.3) is 10.9 Å². The van der Waals surface area contributed by atoms with Crippen LogP contribution in [0, 0.1) is 11.8 Å². The van der Waals surface area contributed by atoms with Gasteiger partial charge in [0.1, 0.15) is 0 Å². The molecule has 1 aromatic heterocycles. The summed E-state index contributed by atoms with van der Waals surface area (Å²) in [7, 11) is 0. The van der Waals surface area contributed by atoms with Crippen LogP contribution >= 0.6 is 0 Å². The van der Waals surface area contributed by atoms with Crippen molar-refractivity contribution >= 4 is 28.5 Å². The molecular formula is C15H16N2O3. The molecule has 5 nitrogen and oxygen atoms in total. The van der Waals surface area contributed by atoms with Crippen LogP contribution in [0.15, 0.2) is 30.5 Å². The Morgan fingerprint density at radius 3 is 2.75 bits per heavy atom. The second kappa shape index (κ2) is 5.00. The van der Waals surface area contributed by atoms with Crippen LogP contribution in [0.1, 0.15) is 19.3 Å². The molecule has 1 amide bonds. The molecule has 1 heterocycles. The van der Waals surface area contributed by atoms with Crippen LogP contribution < -0.4 is 5.32 Å². The lowest BCUT2D eigenvalue weighted by atomic mass is 10.0. The fourth-order valence-corrected chi connectivity index (χ4v) is 2.82. The van der Waals surface area contributed by atoms with Crippen molar-refractivity contribution in [2.45, 2.75) is 19.3 Å². The number of carbonyl (C=O) groups is 2. The SMILES string of the molecule is O=C(O)C1CCC(C(=O)Nc2ccc3[nH]ccc3c2)C1. The average Bonchev–Trinajstić information content (AvgIpc) is 3.07. The zero-order valence-electron chi connectivity index (χ0n) is 10.9. The number of H-pyrrole nitrogens is 1. The smallest absolute Gasteiger partial charge is 0.306 e. The maximum Gasteiger partial charge on any atom is 0.306 e. The summed E-state index contributed by atoms with van der Waals surface area (Å²) in [5.41, 5.74) is 1.77. The van der Waals surface area contributed by atoms with Crippen LogP contribution in [-0.2, 0) is 9.59 Å².